The van der Waals surface area contributed by atoms with Crippen LogP contribution in [-0.4, -0.2) is 18.2 Å². The third-order valence-electron chi connectivity index (χ3n) is 8.39. The van der Waals surface area contributed by atoms with Crippen molar-refractivity contribution in [2.45, 2.75) is 115 Å². The molecule has 3 rings (SSSR count). The minimum Gasteiger partial charge on any atom is -0.285 e. The predicted octanol–water partition coefficient (Wildman–Crippen LogP) is 7.18. The Morgan fingerprint density at radius 2 is 1.21 bits per heavy atom. The van der Waals surface area contributed by atoms with Crippen LogP contribution in [-0.2, 0) is 10.1 Å². The lowest BCUT2D eigenvalue weighted by Crippen LogP contribution is -2.31. The fourth-order valence-corrected chi connectivity index (χ4v) is 7.20. The maximum atomic E-state index is 11.3. The molecule has 0 aromatic heterocycles. The first-order valence-corrected chi connectivity index (χ1v) is 14.1. The Kier molecular flexibility index (Phi) is 9.10. The summed E-state index contributed by atoms with van der Waals surface area (Å²) in [6.45, 7) is 2.30. The van der Waals surface area contributed by atoms with Crippen molar-refractivity contribution >= 4 is 10.1 Å². The summed E-state index contributed by atoms with van der Waals surface area (Å²) >= 11 is 0. The molecule has 3 fully saturated rings. The van der Waals surface area contributed by atoms with E-state index in [9.17, 15) is 13.0 Å². The van der Waals surface area contributed by atoms with Crippen LogP contribution in [0, 0.1) is 29.6 Å². The van der Waals surface area contributed by atoms with Gasteiger partial charge in [-0.25, -0.2) is 0 Å². The fraction of sp³-hybridized carbons (Fsp3) is 0.920. The summed E-state index contributed by atoms with van der Waals surface area (Å²) in [5.41, 5.74) is 0. The smallest absolute Gasteiger partial charge is 0.267 e. The summed E-state index contributed by atoms with van der Waals surface area (Å²) < 4.78 is 31.9. The molecule has 0 bridgehead atoms. The van der Waals surface area contributed by atoms with E-state index in [2.05, 4.69) is 19.1 Å². The molecule has 29 heavy (non-hydrogen) atoms. The second-order valence-electron chi connectivity index (χ2n) is 10.4. The van der Waals surface area contributed by atoms with Gasteiger partial charge in [-0.2, -0.15) is 8.42 Å². The zero-order chi connectivity index (χ0) is 20.7. The molecular weight excluding hydrogens is 380 g/mol. The van der Waals surface area contributed by atoms with Gasteiger partial charge >= 0.3 is 0 Å². The van der Waals surface area contributed by atoms with Crippen LogP contribution in [0.4, 0.5) is 0 Å². The zero-order valence-electron chi connectivity index (χ0n) is 18.6. The molecule has 0 heterocycles. The van der Waals surface area contributed by atoms with Gasteiger partial charge in [-0.05, 0) is 107 Å². The van der Waals surface area contributed by atoms with Gasteiger partial charge in [0, 0.05) is 0 Å². The number of allylic oxidation sites excluding steroid dienone is 2. The summed E-state index contributed by atoms with van der Waals surface area (Å²) in [6.07, 6.45) is 25.0. The molecule has 168 valence electrons. The van der Waals surface area contributed by atoms with Gasteiger partial charge in [0.1, 0.15) is 0 Å². The van der Waals surface area contributed by atoms with E-state index in [-0.39, 0.29) is 0 Å². The highest BCUT2D eigenvalue weighted by atomic mass is 32.2. The molecule has 3 saturated carbocycles. The second kappa shape index (κ2) is 11.3. The molecule has 3 aliphatic carbocycles. The SMILES string of the molecule is CCCCCC1CCC(/C=C/C2CCC(C3CCC(S(=O)(=O)O)CC3)CC2)CC1. The predicted molar refractivity (Wildman–Crippen MR) is 121 cm³/mol. The van der Waals surface area contributed by atoms with E-state index in [0.29, 0.717) is 18.8 Å². The van der Waals surface area contributed by atoms with Crippen LogP contribution in [0.25, 0.3) is 0 Å². The molecular formula is C25H44O3S. The highest BCUT2D eigenvalue weighted by Gasteiger charge is 2.34. The van der Waals surface area contributed by atoms with Crippen molar-refractivity contribution in [3.05, 3.63) is 12.2 Å². The number of rotatable bonds is 8. The molecule has 0 aliphatic heterocycles. The lowest BCUT2D eigenvalue weighted by molar-refractivity contribution is 0.179. The van der Waals surface area contributed by atoms with E-state index in [1.165, 1.54) is 77.0 Å². The molecule has 0 aromatic rings. The van der Waals surface area contributed by atoms with Crippen LogP contribution < -0.4 is 0 Å². The fourth-order valence-electron chi connectivity index (χ4n) is 6.33. The van der Waals surface area contributed by atoms with Gasteiger partial charge in [0.2, 0.25) is 0 Å². The van der Waals surface area contributed by atoms with Crippen molar-refractivity contribution in [1.29, 1.82) is 0 Å². The lowest BCUT2D eigenvalue weighted by atomic mass is 9.70. The standard InChI is InChI=1S/C25H44O3S/c1-2-3-4-5-20-6-8-21(9-7-20)10-11-22-12-14-23(15-13-22)24-16-18-25(19-17-24)29(26,27)28/h10-11,20-25H,2-9,12-19H2,1H3,(H,26,27,28)/b11-10+. The third-order valence-corrected chi connectivity index (χ3v) is 9.70. The highest BCUT2D eigenvalue weighted by molar-refractivity contribution is 7.86. The summed E-state index contributed by atoms with van der Waals surface area (Å²) in [7, 11) is -3.83. The molecule has 0 radical (unpaired) electrons. The van der Waals surface area contributed by atoms with E-state index in [1.807, 2.05) is 0 Å². The molecule has 4 heteroatoms. The Bertz CT molecular complexity index is 588. The zero-order valence-corrected chi connectivity index (χ0v) is 19.4. The highest BCUT2D eigenvalue weighted by Crippen LogP contribution is 2.41. The first-order valence-electron chi connectivity index (χ1n) is 12.6. The summed E-state index contributed by atoms with van der Waals surface area (Å²) in [5, 5.41) is -0.500. The normalized spacial score (nSPS) is 37.0. The molecule has 0 atom stereocenters. The lowest BCUT2D eigenvalue weighted by Gasteiger charge is -2.36. The number of hydrogen-bond donors (Lipinski definition) is 1. The molecule has 3 nitrogen and oxygen atoms in total. The average molecular weight is 425 g/mol. The largest absolute Gasteiger partial charge is 0.285 e. The molecule has 0 aromatic carbocycles. The Labute approximate surface area is 179 Å². The Hall–Kier alpha value is -0.350. The maximum Gasteiger partial charge on any atom is 0.267 e. The molecule has 3 aliphatic rings. The van der Waals surface area contributed by atoms with E-state index < -0.39 is 15.4 Å². The summed E-state index contributed by atoms with van der Waals surface area (Å²) in [5.74, 6) is 4.05. The average Bonchev–Trinajstić information content (AvgIpc) is 2.73. The Morgan fingerprint density at radius 3 is 1.69 bits per heavy atom. The summed E-state index contributed by atoms with van der Waals surface area (Å²) in [6, 6.07) is 0. The van der Waals surface area contributed by atoms with E-state index >= 15 is 0 Å². The van der Waals surface area contributed by atoms with E-state index in [0.717, 1.165) is 36.5 Å². The molecule has 0 amide bonds. The maximum absolute atomic E-state index is 11.3. The topological polar surface area (TPSA) is 54.4 Å². The Morgan fingerprint density at radius 1 is 0.724 bits per heavy atom. The van der Waals surface area contributed by atoms with Crippen molar-refractivity contribution in [2.24, 2.45) is 29.6 Å². The molecule has 0 saturated heterocycles. The van der Waals surface area contributed by atoms with Crippen LogP contribution in [0.1, 0.15) is 110 Å². The van der Waals surface area contributed by atoms with Crippen LogP contribution in [0.5, 0.6) is 0 Å². The van der Waals surface area contributed by atoms with Crippen LogP contribution in [0.15, 0.2) is 12.2 Å². The first-order chi connectivity index (χ1) is 14.0. The first kappa shape index (κ1) is 23.3. The van der Waals surface area contributed by atoms with Gasteiger partial charge in [-0.15, -0.1) is 0 Å². The molecule has 0 spiro atoms. The second-order valence-corrected chi connectivity index (χ2v) is 12.1. The minimum absolute atomic E-state index is 0.500. The molecule has 0 unspecified atom stereocenters. The Balaban J connectivity index is 1.32. The summed E-state index contributed by atoms with van der Waals surface area (Å²) in [4.78, 5) is 0. The van der Waals surface area contributed by atoms with Crippen molar-refractivity contribution in [2.75, 3.05) is 0 Å². The minimum atomic E-state index is -3.83. The van der Waals surface area contributed by atoms with E-state index in [4.69, 9.17) is 0 Å². The van der Waals surface area contributed by atoms with Crippen molar-refractivity contribution in [1.82, 2.24) is 0 Å². The van der Waals surface area contributed by atoms with E-state index in [1.54, 1.807) is 0 Å². The van der Waals surface area contributed by atoms with Gasteiger partial charge < -0.3 is 0 Å². The monoisotopic (exact) mass is 424 g/mol. The molecule has 1 N–H and O–H groups in total. The quantitative estimate of drug-likeness (QED) is 0.255. The third kappa shape index (κ3) is 7.38. The van der Waals surface area contributed by atoms with Gasteiger partial charge in [0.05, 0.1) is 5.25 Å². The van der Waals surface area contributed by atoms with Crippen LogP contribution in [0.2, 0.25) is 0 Å². The number of hydrogen-bond acceptors (Lipinski definition) is 2. The van der Waals surface area contributed by atoms with Gasteiger partial charge in [-0.1, -0.05) is 44.8 Å². The van der Waals surface area contributed by atoms with Crippen molar-refractivity contribution < 1.29 is 13.0 Å². The van der Waals surface area contributed by atoms with Crippen molar-refractivity contribution in [3.63, 3.8) is 0 Å². The van der Waals surface area contributed by atoms with Gasteiger partial charge in [0.15, 0.2) is 0 Å². The van der Waals surface area contributed by atoms with Gasteiger partial charge in [0.25, 0.3) is 10.1 Å². The van der Waals surface area contributed by atoms with Crippen LogP contribution in [0.3, 0.4) is 0 Å². The van der Waals surface area contributed by atoms with Gasteiger partial charge in [-0.3, -0.25) is 4.55 Å². The van der Waals surface area contributed by atoms with Crippen LogP contribution >= 0.6 is 0 Å². The number of unbranched alkanes of at least 4 members (excludes halogenated alkanes) is 2. The van der Waals surface area contributed by atoms with Crippen molar-refractivity contribution in [3.8, 4) is 0 Å².